The van der Waals surface area contributed by atoms with Gasteiger partial charge in [0.2, 0.25) is 0 Å². The first kappa shape index (κ1) is 18.2. The number of likely N-dealkylation sites (tertiary alicyclic amines) is 1. The molecule has 8 heteroatoms. The summed E-state index contributed by atoms with van der Waals surface area (Å²) >= 11 is 0. The molecule has 28 heavy (non-hydrogen) atoms. The second kappa shape index (κ2) is 7.47. The maximum Gasteiger partial charge on any atom is 0.256 e. The molecule has 0 spiro atoms. The maximum atomic E-state index is 14.0. The predicted octanol–water partition coefficient (Wildman–Crippen LogP) is 2.09. The van der Waals surface area contributed by atoms with Crippen LogP contribution in [-0.4, -0.2) is 56.8 Å². The molecule has 3 heterocycles. The van der Waals surface area contributed by atoms with E-state index < -0.39 is 5.82 Å². The molecular weight excluding hydrogens is 359 g/mol. The lowest BCUT2D eigenvalue weighted by Gasteiger charge is -2.24. The summed E-state index contributed by atoms with van der Waals surface area (Å²) in [7, 11) is 1.98. The summed E-state index contributed by atoms with van der Waals surface area (Å²) in [6.45, 7) is 1.71. The molecule has 144 valence electrons. The van der Waals surface area contributed by atoms with Crippen LogP contribution in [0.3, 0.4) is 0 Å². The number of carbonyl (C=O) groups is 1. The third kappa shape index (κ3) is 3.63. The first-order valence-electron chi connectivity index (χ1n) is 9.12. The van der Waals surface area contributed by atoms with Gasteiger partial charge in [0.1, 0.15) is 17.5 Å². The van der Waals surface area contributed by atoms with Crippen LogP contribution in [0.4, 0.5) is 10.2 Å². The van der Waals surface area contributed by atoms with Crippen LogP contribution in [0, 0.1) is 5.82 Å². The van der Waals surface area contributed by atoms with E-state index in [1.165, 1.54) is 12.1 Å². The van der Waals surface area contributed by atoms with Crippen LogP contribution in [0.15, 0.2) is 42.7 Å². The first-order valence-corrected chi connectivity index (χ1v) is 9.12. The maximum absolute atomic E-state index is 14.0. The second-order valence-electron chi connectivity index (χ2n) is 7.03. The van der Waals surface area contributed by atoms with Crippen LogP contribution >= 0.6 is 0 Å². The van der Waals surface area contributed by atoms with Crippen molar-refractivity contribution in [1.82, 2.24) is 24.8 Å². The number of aromatic nitrogens is 3. The van der Waals surface area contributed by atoms with E-state index >= 15 is 0 Å². The van der Waals surface area contributed by atoms with Crippen LogP contribution in [0.25, 0.3) is 10.9 Å². The summed E-state index contributed by atoms with van der Waals surface area (Å²) in [5.74, 6) is 0.453. The van der Waals surface area contributed by atoms with E-state index in [0.29, 0.717) is 47.7 Å². The number of pyridine rings is 1. The summed E-state index contributed by atoms with van der Waals surface area (Å²) in [5, 5.41) is 0.623. The van der Waals surface area contributed by atoms with E-state index in [9.17, 15) is 9.18 Å². The normalized spacial score (nSPS) is 16.8. The van der Waals surface area contributed by atoms with E-state index in [2.05, 4.69) is 19.9 Å². The molecule has 1 atom stereocenters. The Hall–Kier alpha value is -3.13. The number of benzene rings is 1. The zero-order valence-corrected chi connectivity index (χ0v) is 15.5. The van der Waals surface area contributed by atoms with Gasteiger partial charge in [-0.3, -0.25) is 14.7 Å². The Balaban J connectivity index is 1.49. The Bertz CT molecular complexity index is 1030. The molecule has 1 aliphatic heterocycles. The van der Waals surface area contributed by atoms with Crippen molar-refractivity contribution in [2.75, 3.05) is 25.9 Å². The summed E-state index contributed by atoms with van der Waals surface area (Å²) in [5.41, 5.74) is 6.54. The van der Waals surface area contributed by atoms with E-state index in [-0.39, 0.29) is 11.9 Å². The van der Waals surface area contributed by atoms with Gasteiger partial charge in [-0.25, -0.2) is 14.4 Å². The number of rotatable bonds is 4. The van der Waals surface area contributed by atoms with Gasteiger partial charge in [-0.1, -0.05) is 6.07 Å². The van der Waals surface area contributed by atoms with Crippen LogP contribution in [0.1, 0.15) is 22.6 Å². The number of halogens is 1. The standard InChI is InChI=1S/C20H21FN6O/c1-26(12-18-23-7-4-17(22)25-18)15-5-8-27(11-15)20(28)16-10-14(21)9-13-3-2-6-24-19(13)16/h2-4,6-7,9-10,15H,5,8,11-12H2,1H3,(H2,22,23,25)/t15-/m1/s1. The molecule has 4 rings (SSSR count). The number of fused-ring (bicyclic) bond motifs is 1. The minimum absolute atomic E-state index is 0.168. The lowest BCUT2D eigenvalue weighted by molar-refractivity contribution is 0.0780. The van der Waals surface area contributed by atoms with Gasteiger partial charge in [0, 0.05) is 36.9 Å². The monoisotopic (exact) mass is 380 g/mol. The average Bonchev–Trinajstić information content (AvgIpc) is 3.17. The Kier molecular flexibility index (Phi) is 4.87. The topological polar surface area (TPSA) is 88.2 Å². The van der Waals surface area contributed by atoms with Crippen molar-refractivity contribution in [3.63, 3.8) is 0 Å². The van der Waals surface area contributed by atoms with E-state index in [1.807, 2.05) is 7.05 Å². The largest absolute Gasteiger partial charge is 0.384 e. The summed E-state index contributed by atoms with van der Waals surface area (Å²) in [4.78, 5) is 29.7. The molecule has 7 nitrogen and oxygen atoms in total. The van der Waals surface area contributed by atoms with Gasteiger partial charge in [-0.2, -0.15) is 0 Å². The molecule has 0 radical (unpaired) electrons. The number of carbonyl (C=O) groups excluding carboxylic acids is 1. The molecule has 1 aliphatic rings. The van der Waals surface area contributed by atoms with Gasteiger partial charge in [-0.05, 0) is 37.7 Å². The molecule has 2 aromatic heterocycles. The van der Waals surface area contributed by atoms with Crippen molar-refractivity contribution >= 4 is 22.6 Å². The Morgan fingerprint density at radius 1 is 1.32 bits per heavy atom. The van der Waals surface area contributed by atoms with Gasteiger partial charge in [-0.15, -0.1) is 0 Å². The Morgan fingerprint density at radius 2 is 2.18 bits per heavy atom. The van der Waals surface area contributed by atoms with Crippen molar-refractivity contribution in [3.8, 4) is 0 Å². The van der Waals surface area contributed by atoms with Crippen molar-refractivity contribution in [1.29, 1.82) is 0 Å². The number of likely N-dealkylation sites (N-methyl/N-ethyl adjacent to an activating group) is 1. The van der Waals surface area contributed by atoms with Gasteiger partial charge in [0.05, 0.1) is 17.6 Å². The molecule has 1 aromatic carbocycles. The number of anilines is 1. The molecule has 1 fully saturated rings. The van der Waals surface area contributed by atoms with Crippen LogP contribution in [0.5, 0.6) is 0 Å². The summed E-state index contributed by atoms with van der Waals surface area (Å²) in [6.07, 6.45) is 4.08. The third-order valence-corrected chi connectivity index (χ3v) is 5.09. The van der Waals surface area contributed by atoms with Gasteiger partial charge >= 0.3 is 0 Å². The van der Waals surface area contributed by atoms with E-state index in [1.54, 1.807) is 35.5 Å². The minimum Gasteiger partial charge on any atom is -0.384 e. The second-order valence-corrected chi connectivity index (χ2v) is 7.03. The number of nitrogen functional groups attached to an aromatic ring is 1. The molecule has 1 saturated heterocycles. The van der Waals surface area contributed by atoms with Crippen molar-refractivity contribution < 1.29 is 9.18 Å². The van der Waals surface area contributed by atoms with Crippen LogP contribution in [0.2, 0.25) is 0 Å². The van der Waals surface area contributed by atoms with E-state index in [4.69, 9.17) is 5.73 Å². The average molecular weight is 380 g/mol. The molecule has 0 saturated carbocycles. The van der Waals surface area contributed by atoms with Crippen molar-refractivity contribution in [2.45, 2.75) is 19.0 Å². The highest BCUT2D eigenvalue weighted by Gasteiger charge is 2.30. The van der Waals surface area contributed by atoms with Gasteiger partial charge < -0.3 is 10.6 Å². The zero-order valence-electron chi connectivity index (χ0n) is 15.5. The van der Waals surface area contributed by atoms with E-state index in [0.717, 1.165) is 6.42 Å². The number of nitrogens with zero attached hydrogens (tertiary/aromatic N) is 5. The molecule has 2 N–H and O–H groups in total. The minimum atomic E-state index is -0.435. The highest BCUT2D eigenvalue weighted by atomic mass is 19.1. The van der Waals surface area contributed by atoms with Crippen LogP contribution < -0.4 is 5.73 Å². The molecule has 1 amide bonds. The van der Waals surface area contributed by atoms with Crippen molar-refractivity contribution in [3.05, 3.63) is 59.9 Å². The number of nitrogens with two attached hydrogens (primary N) is 1. The smallest absolute Gasteiger partial charge is 0.256 e. The van der Waals surface area contributed by atoms with Gasteiger partial charge in [0.15, 0.2) is 0 Å². The number of hydrogen-bond acceptors (Lipinski definition) is 6. The third-order valence-electron chi connectivity index (χ3n) is 5.09. The fourth-order valence-electron chi connectivity index (χ4n) is 3.62. The quantitative estimate of drug-likeness (QED) is 0.746. The first-order chi connectivity index (χ1) is 13.5. The molecule has 3 aromatic rings. The molecular formula is C20H21FN6O. The SMILES string of the molecule is CN(Cc1nccc(N)n1)[C@@H]1CCN(C(=O)c2cc(F)cc3cccnc23)C1. The molecule has 0 aliphatic carbocycles. The fraction of sp³-hybridized carbons (Fsp3) is 0.300. The predicted molar refractivity (Wildman–Crippen MR) is 104 cm³/mol. The van der Waals surface area contributed by atoms with Gasteiger partial charge in [0.25, 0.3) is 5.91 Å². The Labute approximate surface area is 162 Å². The van der Waals surface area contributed by atoms with Crippen LogP contribution in [-0.2, 0) is 6.54 Å². The lowest BCUT2D eigenvalue weighted by atomic mass is 10.1. The number of amides is 1. The fourth-order valence-corrected chi connectivity index (χ4v) is 3.62. The molecule has 0 unspecified atom stereocenters. The Morgan fingerprint density at radius 3 is 3.00 bits per heavy atom. The van der Waals surface area contributed by atoms with Crippen molar-refractivity contribution in [2.24, 2.45) is 0 Å². The lowest BCUT2D eigenvalue weighted by Crippen LogP contribution is -2.36. The zero-order chi connectivity index (χ0) is 19.7. The highest BCUT2D eigenvalue weighted by molar-refractivity contribution is 6.05. The summed E-state index contributed by atoms with van der Waals surface area (Å²) < 4.78 is 14.0. The summed E-state index contributed by atoms with van der Waals surface area (Å²) in [6, 6.07) is 7.97. The highest BCUT2D eigenvalue weighted by Crippen LogP contribution is 2.23. The number of hydrogen-bond donors (Lipinski definition) is 1. The molecule has 0 bridgehead atoms.